The van der Waals surface area contributed by atoms with Crippen LogP contribution in [0, 0.1) is 13.8 Å². The normalized spacial score (nSPS) is 12.2. The van der Waals surface area contributed by atoms with Crippen molar-refractivity contribution in [1.82, 2.24) is 0 Å². The average Bonchev–Trinajstić information content (AvgIpc) is 2.88. The molecule has 0 aliphatic heterocycles. The summed E-state index contributed by atoms with van der Waals surface area (Å²) >= 11 is 3.82. The zero-order chi connectivity index (χ0) is 14.5. The molecule has 1 aromatic carbocycles. The third kappa shape index (κ3) is 2.11. The van der Waals surface area contributed by atoms with Crippen molar-refractivity contribution in [1.29, 1.82) is 0 Å². The molecular formula is C18H20S2. The van der Waals surface area contributed by atoms with Gasteiger partial charge in [0.25, 0.3) is 0 Å². The molecule has 0 aliphatic rings. The number of hydrogen-bond acceptors (Lipinski definition) is 2. The van der Waals surface area contributed by atoms with Crippen LogP contribution in [0.2, 0.25) is 0 Å². The third-order valence-electron chi connectivity index (χ3n) is 3.76. The highest BCUT2D eigenvalue weighted by molar-refractivity contribution is 7.28. The van der Waals surface area contributed by atoms with E-state index in [0.29, 0.717) is 0 Å². The Morgan fingerprint density at radius 2 is 1.65 bits per heavy atom. The van der Waals surface area contributed by atoms with Crippen molar-refractivity contribution in [3.05, 3.63) is 45.6 Å². The van der Waals surface area contributed by atoms with Gasteiger partial charge in [-0.25, -0.2) is 0 Å². The Kier molecular flexibility index (Phi) is 3.26. The standard InChI is InChI=1S/C18H20S2/c1-11-10-19-17-15(12(2)20-16(11)17)13-8-6-7-9-14(13)18(3,4)5/h6-10H,1-5H3. The Balaban J connectivity index is 2.34. The fourth-order valence-electron chi connectivity index (χ4n) is 2.76. The highest BCUT2D eigenvalue weighted by Gasteiger charge is 2.22. The number of thiophene rings is 2. The van der Waals surface area contributed by atoms with Crippen molar-refractivity contribution in [2.75, 3.05) is 0 Å². The Hall–Kier alpha value is -1.12. The zero-order valence-electron chi connectivity index (χ0n) is 12.7. The molecule has 0 nitrogen and oxygen atoms in total. The fourth-order valence-corrected chi connectivity index (χ4v) is 5.27. The molecule has 0 amide bonds. The summed E-state index contributed by atoms with van der Waals surface area (Å²) in [5.41, 5.74) is 5.88. The van der Waals surface area contributed by atoms with E-state index in [4.69, 9.17) is 0 Å². The minimum absolute atomic E-state index is 0.170. The van der Waals surface area contributed by atoms with Crippen LogP contribution in [0.25, 0.3) is 20.5 Å². The molecule has 20 heavy (non-hydrogen) atoms. The smallest absolute Gasteiger partial charge is 0.0534 e. The lowest BCUT2D eigenvalue weighted by Gasteiger charge is -2.23. The Morgan fingerprint density at radius 1 is 0.950 bits per heavy atom. The monoisotopic (exact) mass is 300 g/mol. The second kappa shape index (κ2) is 4.71. The lowest BCUT2D eigenvalue weighted by Crippen LogP contribution is -2.12. The summed E-state index contributed by atoms with van der Waals surface area (Å²) in [6.45, 7) is 11.4. The van der Waals surface area contributed by atoms with Crippen LogP contribution in [0.1, 0.15) is 36.8 Å². The predicted octanol–water partition coefficient (Wildman–Crippen LogP) is 6.54. The van der Waals surface area contributed by atoms with Gasteiger partial charge < -0.3 is 0 Å². The molecule has 0 spiro atoms. The van der Waals surface area contributed by atoms with E-state index < -0.39 is 0 Å². The van der Waals surface area contributed by atoms with Crippen LogP contribution in [0.3, 0.4) is 0 Å². The number of fused-ring (bicyclic) bond motifs is 1. The molecule has 3 aromatic rings. The summed E-state index contributed by atoms with van der Waals surface area (Å²) in [7, 11) is 0. The van der Waals surface area contributed by atoms with E-state index in [1.807, 2.05) is 22.7 Å². The van der Waals surface area contributed by atoms with Crippen LogP contribution in [-0.4, -0.2) is 0 Å². The number of hydrogen-bond donors (Lipinski definition) is 0. The van der Waals surface area contributed by atoms with Gasteiger partial charge in [-0.15, -0.1) is 22.7 Å². The van der Waals surface area contributed by atoms with E-state index in [0.717, 1.165) is 0 Å². The molecule has 0 saturated heterocycles. The van der Waals surface area contributed by atoms with Gasteiger partial charge in [0, 0.05) is 15.1 Å². The van der Waals surface area contributed by atoms with Crippen molar-refractivity contribution in [2.24, 2.45) is 0 Å². The van der Waals surface area contributed by atoms with Gasteiger partial charge >= 0.3 is 0 Å². The molecule has 0 aliphatic carbocycles. The van der Waals surface area contributed by atoms with Gasteiger partial charge in [0.05, 0.1) is 4.70 Å². The molecule has 0 fully saturated rings. The lowest BCUT2D eigenvalue weighted by molar-refractivity contribution is 0.592. The first-order valence-corrected chi connectivity index (χ1v) is 8.66. The van der Waals surface area contributed by atoms with Crippen LogP contribution < -0.4 is 0 Å². The van der Waals surface area contributed by atoms with Gasteiger partial charge in [-0.1, -0.05) is 45.0 Å². The quantitative estimate of drug-likeness (QED) is 0.478. The van der Waals surface area contributed by atoms with Crippen LogP contribution >= 0.6 is 22.7 Å². The second-order valence-electron chi connectivity index (χ2n) is 6.41. The van der Waals surface area contributed by atoms with Gasteiger partial charge in [0.1, 0.15) is 0 Å². The van der Waals surface area contributed by atoms with E-state index in [9.17, 15) is 0 Å². The summed E-state index contributed by atoms with van der Waals surface area (Å²) in [5.74, 6) is 0. The van der Waals surface area contributed by atoms with Crippen molar-refractivity contribution in [3.63, 3.8) is 0 Å². The van der Waals surface area contributed by atoms with Gasteiger partial charge in [0.2, 0.25) is 0 Å². The van der Waals surface area contributed by atoms with E-state index in [-0.39, 0.29) is 5.41 Å². The van der Waals surface area contributed by atoms with Crippen molar-refractivity contribution in [2.45, 2.75) is 40.0 Å². The van der Waals surface area contributed by atoms with Gasteiger partial charge in [-0.3, -0.25) is 0 Å². The number of benzene rings is 1. The highest BCUT2D eigenvalue weighted by Crippen LogP contribution is 2.45. The topological polar surface area (TPSA) is 0 Å². The number of rotatable bonds is 1. The maximum absolute atomic E-state index is 2.30. The van der Waals surface area contributed by atoms with E-state index >= 15 is 0 Å². The van der Waals surface area contributed by atoms with E-state index in [1.165, 1.54) is 36.5 Å². The fraction of sp³-hybridized carbons (Fsp3) is 0.333. The molecule has 104 valence electrons. The summed E-state index contributed by atoms with van der Waals surface area (Å²) in [5, 5.41) is 2.28. The molecule has 0 saturated carbocycles. The Labute approximate surface area is 129 Å². The second-order valence-corrected chi connectivity index (χ2v) is 8.51. The largest absolute Gasteiger partial charge is 0.142 e. The predicted molar refractivity (Wildman–Crippen MR) is 93.3 cm³/mol. The molecule has 0 radical (unpaired) electrons. The first-order valence-electron chi connectivity index (χ1n) is 6.96. The van der Waals surface area contributed by atoms with Gasteiger partial charge in [-0.2, -0.15) is 0 Å². The summed E-state index contributed by atoms with van der Waals surface area (Å²) in [6.07, 6.45) is 0. The molecule has 0 N–H and O–H groups in total. The van der Waals surface area contributed by atoms with Crippen LogP contribution in [0.4, 0.5) is 0 Å². The maximum atomic E-state index is 2.30. The van der Waals surface area contributed by atoms with E-state index in [1.54, 1.807) is 0 Å². The Bertz CT molecular complexity index is 766. The Morgan fingerprint density at radius 3 is 2.35 bits per heavy atom. The van der Waals surface area contributed by atoms with Gasteiger partial charge in [-0.05, 0) is 41.3 Å². The molecule has 2 heterocycles. The number of aryl methyl sites for hydroxylation is 2. The zero-order valence-corrected chi connectivity index (χ0v) is 14.3. The molecule has 0 unspecified atom stereocenters. The minimum Gasteiger partial charge on any atom is -0.142 e. The van der Waals surface area contributed by atoms with Crippen molar-refractivity contribution < 1.29 is 0 Å². The molecule has 3 rings (SSSR count). The van der Waals surface area contributed by atoms with E-state index in [2.05, 4.69) is 64.3 Å². The maximum Gasteiger partial charge on any atom is 0.0534 e. The molecule has 0 bridgehead atoms. The molecule has 2 aromatic heterocycles. The SMILES string of the molecule is Cc1sc2c(C)csc2c1-c1ccccc1C(C)(C)C. The minimum atomic E-state index is 0.170. The van der Waals surface area contributed by atoms with Crippen molar-refractivity contribution in [3.8, 4) is 11.1 Å². The van der Waals surface area contributed by atoms with Crippen molar-refractivity contribution >= 4 is 32.1 Å². The third-order valence-corrected chi connectivity index (χ3v) is 6.24. The van der Waals surface area contributed by atoms with Crippen LogP contribution in [0.15, 0.2) is 29.6 Å². The molecule has 0 atom stereocenters. The summed E-state index contributed by atoms with van der Waals surface area (Å²) in [4.78, 5) is 1.44. The van der Waals surface area contributed by atoms with Gasteiger partial charge in [0.15, 0.2) is 0 Å². The van der Waals surface area contributed by atoms with Crippen LogP contribution in [0.5, 0.6) is 0 Å². The lowest BCUT2D eigenvalue weighted by atomic mass is 9.82. The first kappa shape index (κ1) is 13.8. The summed E-state index contributed by atoms with van der Waals surface area (Å²) in [6, 6.07) is 8.87. The molecular weight excluding hydrogens is 280 g/mol. The van der Waals surface area contributed by atoms with Crippen LogP contribution in [-0.2, 0) is 5.41 Å². The first-order chi connectivity index (χ1) is 9.39. The average molecular weight is 300 g/mol. The summed E-state index contributed by atoms with van der Waals surface area (Å²) < 4.78 is 2.92. The highest BCUT2D eigenvalue weighted by atomic mass is 32.1. The molecule has 2 heteroatoms.